The number of carbonyl (C=O) groups excluding carboxylic acids is 1. The fourth-order valence-electron chi connectivity index (χ4n) is 2.56. The zero-order chi connectivity index (χ0) is 20.4. The van der Waals surface area contributed by atoms with Crippen LogP contribution in [0.1, 0.15) is 23.6 Å². The van der Waals surface area contributed by atoms with Gasteiger partial charge in [0.1, 0.15) is 6.61 Å². The molecule has 0 N–H and O–H groups in total. The van der Waals surface area contributed by atoms with Crippen molar-refractivity contribution in [3.8, 4) is 0 Å². The number of rotatable bonds is 10. The minimum absolute atomic E-state index is 0.0453. The number of hydrogen-bond acceptors (Lipinski definition) is 4. The van der Waals surface area contributed by atoms with Gasteiger partial charge in [0, 0.05) is 13.5 Å². The number of nitrogens with zero attached hydrogens (tertiary/aromatic N) is 1. The standard InChI is InChI=1S/C22H23F2NO3/c1-3-14-22(23,24)20(21(26)28-15-17-10-6-4-7-11-17)25-19(16-27-2)18-12-8-5-9-13-18/h3-13,19H,1,14-16H2,2H3/t19-/m0/s1. The van der Waals surface area contributed by atoms with Crippen LogP contribution in [0, 0.1) is 0 Å². The molecule has 0 spiro atoms. The number of methoxy groups -OCH3 is 1. The van der Waals surface area contributed by atoms with Crippen molar-refractivity contribution in [3.63, 3.8) is 0 Å². The van der Waals surface area contributed by atoms with E-state index in [-0.39, 0.29) is 13.2 Å². The second-order valence-electron chi connectivity index (χ2n) is 6.12. The zero-order valence-electron chi connectivity index (χ0n) is 15.7. The highest BCUT2D eigenvalue weighted by molar-refractivity contribution is 6.39. The summed E-state index contributed by atoms with van der Waals surface area (Å²) in [5.74, 6) is -4.66. The monoisotopic (exact) mass is 387 g/mol. The highest BCUT2D eigenvalue weighted by Crippen LogP contribution is 2.26. The third-order valence-corrected chi connectivity index (χ3v) is 3.95. The first-order valence-electron chi connectivity index (χ1n) is 8.80. The van der Waals surface area contributed by atoms with Crippen LogP contribution in [0.3, 0.4) is 0 Å². The van der Waals surface area contributed by atoms with E-state index in [0.717, 1.165) is 6.08 Å². The van der Waals surface area contributed by atoms with Crippen LogP contribution in [0.5, 0.6) is 0 Å². The van der Waals surface area contributed by atoms with Gasteiger partial charge in [-0.3, -0.25) is 4.99 Å². The number of allylic oxidation sites excluding steroid dienone is 1. The third kappa shape index (κ3) is 6.09. The molecule has 28 heavy (non-hydrogen) atoms. The lowest BCUT2D eigenvalue weighted by Gasteiger charge is -2.20. The molecule has 148 valence electrons. The zero-order valence-corrected chi connectivity index (χ0v) is 15.7. The normalized spacial score (nSPS) is 13.0. The molecule has 0 heterocycles. The molecule has 6 heteroatoms. The first-order chi connectivity index (χ1) is 13.5. The average molecular weight is 387 g/mol. The molecule has 2 aromatic carbocycles. The molecule has 0 aromatic heterocycles. The number of esters is 1. The molecule has 0 saturated carbocycles. The number of ether oxygens (including phenoxy) is 2. The lowest BCUT2D eigenvalue weighted by molar-refractivity contribution is -0.138. The van der Waals surface area contributed by atoms with Gasteiger partial charge in [-0.25, -0.2) is 4.79 Å². The van der Waals surface area contributed by atoms with Crippen LogP contribution in [0.15, 0.2) is 78.3 Å². The van der Waals surface area contributed by atoms with Gasteiger partial charge in [-0.05, 0) is 11.1 Å². The van der Waals surface area contributed by atoms with Crippen molar-refractivity contribution >= 4 is 11.7 Å². The van der Waals surface area contributed by atoms with E-state index in [0.29, 0.717) is 11.1 Å². The molecular formula is C22H23F2NO3. The van der Waals surface area contributed by atoms with Gasteiger partial charge in [-0.15, -0.1) is 6.58 Å². The number of alkyl halides is 2. The Hall–Kier alpha value is -2.86. The predicted molar refractivity (Wildman–Crippen MR) is 104 cm³/mol. The molecule has 2 aromatic rings. The minimum atomic E-state index is -3.50. The number of hydrogen-bond donors (Lipinski definition) is 0. The topological polar surface area (TPSA) is 47.9 Å². The number of carbonyl (C=O) groups is 1. The fraction of sp³-hybridized carbons (Fsp3) is 0.273. The first-order valence-corrected chi connectivity index (χ1v) is 8.80. The molecule has 0 bridgehead atoms. The quantitative estimate of drug-likeness (QED) is 0.335. The van der Waals surface area contributed by atoms with Gasteiger partial charge in [0.15, 0.2) is 5.71 Å². The number of benzene rings is 2. The summed E-state index contributed by atoms with van der Waals surface area (Å²) >= 11 is 0. The SMILES string of the molecule is C=CCC(F)(F)C(=N[C@@H](COC)c1ccccc1)C(=O)OCc1ccccc1. The molecule has 4 nitrogen and oxygen atoms in total. The van der Waals surface area contributed by atoms with Crippen molar-refractivity contribution in [1.29, 1.82) is 0 Å². The molecule has 0 radical (unpaired) electrons. The summed E-state index contributed by atoms with van der Waals surface area (Å²) < 4.78 is 39.5. The molecule has 0 aliphatic heterocycles. The predicted octanol–water partition coefficient (Wildman–Crippen LogP) is 4.77. The van der Waals surface area contributed by atoms with Gasteiger partial charge < -0.3 is 9.47 Å². The van der Waals surface area contributed by atoms with Crippen LogP contribution in [0.4, 0.5) is 8.78 Å². The maximum absolute atomic E-state index is 14.6. The van der Waals surface area contributed by atoms with Crippen molar-refractivity contribution in [2.45, 2.75) is 25.0 Å². The van der Waals surface area contributed by atoms with Gasteiger partial charge >= 0.3 is 5.97 Å². The van der Waals surface area contributed by atoms with Crippen LogP contribution in [0.2, 0.25) is 0 Å². The number of halogens is 2. The summed E-state index contributed by atoms with van der Waals surface area (Å²) in [6, 6.07) is 16.9. The van der Waals surface area contributed by atoms with E-state index in [1.807, 2.05) is 6.07 Å². The smallest absolute Gasteiger partial charge is 0.358 e. The molecule has 0 amide bonds. The van der Waals surface area contributed by atoms with Gasteiger partial charge in [0.25, 0.3) is 5.92 Å². The van der Waals surface area contributed by atoms with Crippen LogP contribution < -0.4 is 0 Å². The van der Waals surface area contributed by atoms with Gasteiger partial charge in [0.05, 0.1) is 12.6 Å². The van der Waals surface area contributed by atoms with E-state index in [1.54, 1.807) is 54.6 Å². The molecule has 0 fully saturated rings. The average Bonchev–Trinajstić information content (AvgIpc) is 2.70. The number of aliphatic imine (C=N–C) groups is 1. The van der Waals surface area contributed by atoms with Crippen molar-refractivity contribution in [2.75, 3.05) is 13.7 Å². The van der Waals surface area contributed by atoms with E-state index >= 15 is 0 Å². The Kier molecular flexibility index (Phi) is 8.02. The summed E-state index contributed by atoms with van der Waals surface area (Å²) in [7, 11) is 1.45. The second-order valence-corrected chi connectivity index (χ2v) is 6.12. The Morgan fingerprint density at radius 2 is 1.75 bits per heavy atom. The summed E-state index contributed by atoms with van der Waals surface area (Å²) in [6.07, 6.45) is 0.328. The van der Waals surface area contributed by atoms with E-state index in [2.05, 4.69) is 11.6 Å². The van der Waals surface area contributed by atoms with Crippen LogP contribution in [-0.2, 0) is 20.9 Å². The Morgan fingerprint density at radius 1 is 1.14 bits per heavy atom. The van der Waals surface area contributed by atoms with Crippen molar-refractivity contribution in [1.82, 2.24) is 0 Å². The van der Waals surface area contributed by atoms with E-state index < -0.39 is 30.1 Å². The van der Waals surface area contributed by atoms with Gasteiger partial charge in [-0.2, -0.15) is 8.78 Å². The highest BCUT2D eigenvalue weighted by atomic mass is 19.3. The van der Waals surface area contributed by atoms with Crippen molar-refractivity contribution in [3.05, 3.63) is 84.4 Å². The van der Waals surface area contributed by atoms with E-state index in [4.69, 9.17) is 9.47 Å². The molecule has 0 aliphatic carbocycles. The Bertz CT molecular complexity index is 792. The van der Waals surface area contributed by atoms with Crippen LogP contribution in [0.25, 0.3) is 0 Å². The van der Waals surface area contributed by atoms with E-state index in [9.17, 15) is 13.6 Å². The van der Waals surface area contributed by atoms with Gasteiger partial charge in [0.2, 0.25) is 0 Å². The first kappa shape index (κ1) is 21.4. The van der Waals surface area contributed by atoms with Crippen molar-refractivity contribution in [2.24, 2.45) is 4.99 Å². The Balaban J connectivity index is 2.32. The van der Waals surface area contributed by atoms with E-state index in [1.165, 1.54) is 7.11 Å². The third-order valence-electron chi connectivity index (χ3n) is 3.95. The summed E-state index contributed by atoms with van der Waals surface area (Å²) in [6.45, 7) is 3.27. The Morgan fingerprint density at radius 3 is 2.32 bits per heavy atom. The molecule has 1 atom stereocenters. The molecule has 2 rings (SSSR count). The lowest BCUT2D eigenvalue weighted by atomic mass is 10.1. The summed E-state index contributed by atoms with van der Waals surface area (Å²) in [5.41, 5.74) is 0.417. The maximum atomic E-state index is 14.6. The lowest BCUT2D eigenvalue weighted by Crippen LogP contribution is -2.37. The highest BCUT2D eigenvalue weighted by Gasteiger charge is 2.41. The second kappa shape index (κ2) is 10.5. The Labute approximate surface area is 163 Å². The van der Waals surface area contributed by atoms with Crippen LogP contribution >= 0.6 is 0 Å². The minimum Gasteiger partial charge on any atom is -0.456 e. The van der Waals surface area contributed by atoms with Gasteiger partial charge in [-0.1, -0.05) is 66.7 Å². The van der Waals surface area contributed by atoms with Crippen LogP contribution in [-0.4, -0.2) is 31.3 Å². The maximum Gasteiger partial charge on any atom is 0.358 e. The molecule has 0 unspecified atom stereocenters. The summed E-state index contributed by atoms with van der Waals surface area (Å²) in [4.78, 5) is 16.6. The fourth-order valence-corrected chi connectivity index (χ4v) is 2.56. The van der Waals surface area contributed by atoms with Crippen molar-refractivity contribution < 1.29 is 23.0 Å². The molecular weight excluding hydrogens is 364 g/mol. The summed E-state index contributed by atoms with van der Waals surface area (Å²) in [5, 5.41) is 0. The molecule has 0 saturated heterocycles. The molecule has 0 aliphatic rings. The largest absolute Gasteiger partial charge is 0.456 e.